The Morgan fingerprint density at radius 2 is 1.44 bits per heavy atom. The van der Waals surface area contributed by atoms with Crippen molar-refractivity contribution >= 4 is 15.9 Å². The van der Waals surface area contributed by atoms with E-state index in [9.17, 15) is 23.4 Å². The minimum atomic E-state index is -3.12. The molecule has 0 aromatic heterocycles. The molecule has 0 radical (unpaired) electrons. The van der Waals surface area contributed by atoms with E-state index >= 15 is 0 Å². The van der Waals surface area contributed by atoms with Crippen LogP contribution in [0.25, 0.3) is 0 Å². The normalized spacial score (nSPS) is 30.5. The third-order valence-electron chi connectivity index (χ3n) is 9.71. The average molecular weight is 520 g/mol. The Labute approximate surface area is 215 Å². The maximum Gasteiger partial charge on any atom is 0.320 e. The van der Waals surface area contributed by atoms with Crippen molar-refractivity contribution in [1.82, 2.24) is 14.7 Å². The predicted molar refractivity (Wildman–Crippen MR) is 138 cm³/mol. The summed E-state index contributed by atoms with van der Waals surface area (Å²) in [6.07, 6.45) is 6.12. The first-order valence-corrected chi connectivity index (χ1v) is 15.2. The molecular weight excluding hydrogens is 478 g/mol. The Balaban J connectivity index is 1.39. The molecule has 2 aliphatic heterocycles. The van der Waals surface area contributed by atoms with E-state index in [1.807, 2.05) is 11.0 Å². The Kier molecular flexibility index (Phi) is 6.46. The first-order chi connectivity index (χ1) is 16.9. The summed E-state index contributed by atoms with van der Waals surface area (Å²) in [5.74, 6) is -0.0782. The number of benzene rings is 1. The van der Waals surface area contributed by atoms with Crippen molar-refractivity contribution < 1.29 is 23.4 Å². The second kappa shape index (κ2) is 8.96. The molecule has 4 fully saturated rings. The Morgan fingerprint density at radius 1 is 0.861 bits per heavy atom. The summed E-state index contributed by atoms with van der Waals surface area (Å²) in [5, 5.41) is 22.3. The van der Waals surface area contributed by atoms with Crippen molar-refractivity contribution in [2.24, 2.45) is 0 Å². The molecule has 1 spiro atoms. The molecule has 2 amide bonds. The van der Waals surface area contributed by atoms with Gasteiger partial charge in [-0.3, -0.25) is 4.90 Å². The van der Waals surface area contributed by atoms with Crippen LogP contribution in [0.5, 0.6) is 0 Å². The first-order valence-electron chi connectivity index (χ1n) is 13.3. The lowest BCUT2D eigenvalue weighted by molar-refractivity contribution is -0.0725. The Bertz CT molecular complexity index is 1060. The SMILES string of the molecule is CN(C)C1(c2ccccc2)CCC2(CC1)CN(CC1(O)CCS(=O)(=O)CC1)C(=O)N2CC1(O)CCC1. The van der Waals surface area contributed by atoms with E-state index in [-0.39, 0.29) is 42.5 Å². The molecule has 0 atom stereocenters. The van der Waals surface area contributed by atoms with Gasteiger partial charge in [0.05, 0.1) is 41.3 Å². The molecule has 2 saturated carbocycles. The van der Waals surface area contributed by atoms with Gasteiger partial charge in [0, 0.05) is 12.1 Å². The zero-order chi connectivity index (χ0) is 25.8. The molecule has 1 aromatic carbocycles. The molecule has 9 heteroatoms. The summed E-state index contributed by atoms with van der Waals surface area (Å²) < 4.78 is 23.9. The second-order valence-electron chi connectivity index (χ2n) is 12.2. The van der Waals surface area contributed by atoms with E-state index < -0.39 is 26.6 Å². The summed E-state index contributed by atoms with van der Waals surface area (Å²) in [5.41, 5.74) is -1.24. The standard InChI is InChI=1S/C27H41N3O5S/c1-28(2)27(22-7-4-3-5-8-22)13-11-24(12-14-27)19-29(20-26(33)15-17-36(34,35)18-16-26)23(31)30(24)21-25(32)9-6-10-25/h3-5,7-8,32-33H,6,9-21H2,1-2H3. The fourth-order valence-corrected chi connectivity index (χ4v) is 8.59. The number of amides is 2. The molecule has 0 bridgehead atoms. The van der Waals surface area contributed by atoms with E-state index in [4.69, 9.17) is 0 Å². The van der Waals surface area contributed by atoms with Crippen LogP contribution in [-0.2, 0) is 15.4 Å². The smallest absolute Gasteiger partial charge is 0.320 e. The van der Waals surface area contributed by atoms with Crippen LogP contribution in [0.1, 0.15) is 63.4 Å². The minimum absolute atomic E-state index is 0.0391. The molecule has 1 aromatic rings. The van der Waals surface area contributed by atoms with Gasteiger partial charge >= 0.3 is 6.03 Å². The molecule has 2 N–H and O–H groups in total. The van der Waals surface area contributed by atoms with Crippen LogP contribution in [0, 0.1) is 0 Å². The zero-order valence-corrected chi connectivity index (χ0v) is 22.5. The highest BCUT2D eigenvalue weighted by Gasteiger charge is 2.57. The maximum absolute atomic E-state index is 13.8. The summed E-state index contributed by atoms with van der Waals surface area (Å²) >= 11 is 0. The lowest BCUT2D eigenvalue weighted by Gasteiger charge is -2.52. The minimum Gasteiger partial charge on any atom is -0.388 e. The van der Waals surface area contributed by atoms with Crippen molar-refractivity contribution in [1.29, 1.82) is 0 Å². The highest BCUT2D eigenvalue weighted by Crippen LogP contribution is 2.50. The van der Waals surface area contributed by atoms with Gasteiger partial charge < -0.3 is 20.0 Å². The molecule has 0 unspecified atom stereocenters. The van der Waals surface area contributed by atoms with Gasteiger partial charge in [0.15, 0.2) is 9.84 Å². The Hall–Kier alpha value is -1.68. The number of carbonyl (C=O) groups excluding carboxylic acids is 1. The van der Waals surface area contributed by atoms with Crippen molar-refractivity contribution in [2.45, 2.75) is 80.1 Å². The topological polar surface area (TPSA) is 101 Å². The van der Waals surface area contributed by atoms with Gasteiger partial charge in [0.1, 0.15) is 0 Å². The number of hydrogen-bond donors (Lipinski definition) is 2. The number of carbonyl (C=O) groups is 1. The third-order valence-corrected chi connectivity index (χ3v) is 11.4. The van der Waals surface area contributed by atoms with Crippen molar-refractivity contribution in [3.05, 3.63) is 35.9 Å². The lowest BCUT2D eigenvalue weighted by Crippen LogP contribution is -2.59. The number of hydrogen-bond acceptors (Lipinski definition) is 6. The molecule has 36 heavy (non-hydrogen) atoms. The maximum atomic E-state index is 13.8. The molecular formula is C27H41N3O5S. The van der Waals surface area contributed by atoms with E-state index in [1.54, 1.807) is 4.90 Å². The number of rotatable bonds is 6. The molecule has 4 aliphatic rings. The zero-order valence-electron chi connectivity index (χ0n) is 21.7. The van der Waals surface area contributed by atoms with Crippen LogP contribution >= 0.6 is 0 Å². The summed E-state index contributed by atoms with van der Waals surface area (Å²) in [4.78, 5) is 19.8. The van der Waals surface area contributed by atoms with Crippen LogP contribution < -0.4 is 0 Å². The number of aliphatic hydroxyl groups is 2. The van der Waals surface area contributed by atoms with Gasteiger partial charge in [-0.15, -0.1) is 0 Å². The fourth-order valence-electron chi connectivity index (χ4n) is 7.01. The van der Waals surface area contributed by atoms with Gasteiger partial charge in [-0.05, 0) is 77.4 Å². The van der Waals surface area contributed by atoms with Crippen LogP contribution in [0.4, 0.5) is 4.79 Å². The highest BCUT2D eigenvalue weighted by atomic mass is 32.2. The average Bonchev–Trinajstić information content (AvgIpc) is 3.06. The van der Waals surface area contributed by atoms with E-state index in [0.29, 0.717) is 25.9 Å². The van der Waals surface area contributed by atoms with E-state index in [1.165, 1.54) is 5.56 Å². The van der Waals surface area contributed by atoms with Crippen LogP contribution in [0.2, 0.25) is 0 Å². The molecule has 2 aliphatic carbocycles. The fraction of sp³-hybridized carbons (Fsp3) is 0.741. The second-order valence-corrected chi connectivity index (χ2v) is 14.5. The number of urea groups is 1. The quantitative estimate of drug-likeness (QED) is 0.598. The summed E-state index contributed by atoms with van der Waals surface area (Å²) in [7, 11) is 1.13. The van der Waals surface area contributed by atoms with Crippen molar-refractivity contribution in [2.75, 3.05) is 45.2 Å². The molecule has 5 rings (SSSR count). The number of sulfone groups is 1. The molecule has 8 nitrogen and oxygen atoms in total. The largest absolute Gasteiger partial charge is 0.388 e. The van der Waals surface area contributed by atoms with Crippen molar-refractivity contribution in [3.8, 4) is 0 Å². The Morgan fingerprint density at radius 3 is 1.97 bits per heavy atom. The van der Waals surface area contributed by atoms with Gasteiger partial charge in [0.2, 0.25) is 0 Å². The van der Waals surface area contributed by atoms with Gasteiger partial charge in [-0.2, -0.15) is 0 Å². The van der Waals surface area contributed by atoms with Gasteiger partial charge in [-0.25, -0.2) is 13.2 Å². The first kappa shape index (κ1) is 25.9. The summed E-state index contributed by atoms with van der Waals surface area (Å²) in [6, 6.07) is 10.4. The molecule has 200 valence electrons. The monoisotopic (exact) mass is 519 g/mol. The number of β-amino-alcohol motifs (C(OH)–C–C–N with tert-alkyl or cyclic N) is 2. The lowest BCUT2D eigenvalue weighted by atomic mass is 9.67. The van der Waals surface area contributed by atoms with Crippen LogP contribution in [0.15, 0.2) is 30.3 Å². The number of nitrogens with zero attached hydrogens (tertiary/aromatic N) is 3. The third kappa shape index (κ3) is 4.57. The van der Waals surface area contributed by atoms with Crippen molar-refractivity contribution in [3.63, 3.8) is 0 Å². The van der Waals surface area contributed by atoms with E-state index in [0.717, 1.165) is 32.1 Å². The molecule has 2 saturated heterocycles. The highest BCUT2D eigenvalue weighted by molar-refractivity contribution is 7.91. The predicted octanol–water partition coefficient (Wildman–Crippen LogP) is 2.35. The summed E-state index contributed by atoms with van der Waals surface area (Å²) in [6.45, 7) is 0.986. The van der Waals surface area contributed by atoms with Gasteiger partial charge in [0.25, 0.3) is 0 Å². The van der Waals surface area contributed by atoms with E-state index in [2.05, 4.69) is 43.3 Å². The van der Waals surface area contributed by atoms with Crippen LogP contribution in [0.3, 0.4) is 0 Å². The van der Waals surface area contributed by atoms with Gasteiger partial charge in [-0.1, -0.05) is 30.3 Å². The molecule has 2 heterocycles. The van der Waals surface area contributed by atoms with Crippen LogP contribution in [-0.4, -0.2) is 101 Å².